The highest BCUT2D eigenvalue weighted by Gasteiger charge is 2.06. The maximum atomic E-state index is 11.3. The van der Waals surface area contributed by atoms with E-state index in [0.717, 1.165) is 11.9 Å². The molecular weight excluding hydrogens is 278 g/mol. The molecule has 0 atom stereocenters. The summed E-state index contributed by atoms with van der Waals surface area (Å²) in [4.78, 5) is 4.40. The Balaban J connectivity index is 2.04. The van der Waals surface area contributed by atoms with E-state index >= 15 is 0 Å². The van der Waals surface area contributed by atoms with Gasteiger partial charge in [0.1, 0.15) is 12.4 Å². The molecule has 0 fully saturated rings. The summed E-state index contributed by atoms with van der Waals surface area (Å²) in [6, 6.07) is 9.75. The van der Waals surface area contributed by atoms with Crippen molar-refractivity contribution in [2.45, 2.75) is 11.5 Å². The molecule has 0 amide bonds. The Hall–Kier alpha value is -2.12. The van der Waals surface area contributed by atoms with Gasteiger partial charge in [-0.3, -0.25) is 10.8 Å². The van der Waals surface area contributed by atoms with Crippen LogP contribution in [0.1, 0.15) is 5.69 Å². The number of anilines is 1. The lowest BCUT2D eigenvalue weighted by atomic mass is 10.3. The largest absolute Gasteiger partial charge is 0.487 e. The Labute approximate surface area is 117 Å². The average Bonchev–Trinajstić information content (AvgIpc) is 2.45. The van der Waals surface area contributed by atoms with Crippen molar-refractivity contribution in [2.24, 2.45) is 5.84 Å². The van der Waals surface area contributed by atoms with Crippen LogP contribution in [0.4, 0.5) is 5.69 Å². The first kappa shape index (κ1) is 14.3. The van der Waals surface area contributed by atoms with Gasteiger partial charge in [-0.25, -0.2) is 8.42 Å². The topological polar surface area (TPSA) is 94.3 Å². The second-order valence-corrected chi connectivity index (χ2v) is 6.23. The summed E-state index contributed by atoms with van der Waals surface area (Å²) in [5.41, 5.74) is 3.98. The van der Waals surface area contributed by atoms with Crippen LogP contribution in [-0.4, -0.2) is 19.7 Å². The van der Waals surface area contributed by atoms with Gasteiger partial charge in [0.15, 0.2) is 9.84 Å². The van der Waals surface area contributed by atoms with Gasteiger partial charge in [0.05, 0.1) is 16.3 Å². The summed E-state index contributed by atoms with van der Waals surface area (Å²) in [6.07, 6.45) is 2.79. The molecule has 2 rings (SSSR count). The molecular formula is C13H15N3O3S. The fraction of sp³-hybridized carbons (Fsp3) is 0.154. The van der Waals surface area contributed by atoms with E-state index in [4.69, 9.17) is 10.6 Å². The van der Waals surface area contributed by atoms with Crippen LogP contribution in [0.25, 0.3) is 0 Å². The average molecular weight is 293 g/mol. The molecule has 1 aromatic heterocycles. The number of nitrogens with two attached hydrogens (primary N) is 1. The number of nitrogens with zero attached hydrogens (tertiary/aromatic N) is 1. The third kappa shape index (κ3) is 3.69. The highest BCUT2D eigenvalue weighted by atomic mass is 32.2. The maximum Gasteiger partial charge on any atom is 0.175 e. The van der Waals surface area contributed by atoms with Crippen molar-refractivity contribution in [3.05, 3.63) is 48.3 Å². The molecule has 0 unspecified atom stereocenters. The number of hydrogen-bond donors (Lipinski definition) is 2. The number of rotatable bonds is 5. The normalized spacial score (nSPS) is 11.1. The van der Waals surface area contributed by atoms with Gasteiger partial charge < -0.3 is 10.2 Å². The zero-order chi connectivity index (χ0) is 14.6. The number of aromatic nitrogens is 1. The van der Waals surface area contributed by atoms with Gasteiger partial charge in [-0.1, -0.05) is 0 Å². The molecule has 6 nitrogen and oxygen atoms in total. The molecule has 106 valence electrons. The number of sulfone groups is 1. The summed E-state index contributed by atoms with van der Waals surface area (Å²) in [7, 11) is -3.19. The Kier molecular flexibility index (Phi) is 4.21. The van der Waals surface area contributed by atoms with Crippen molar-refractivity contribution in [2.75, 3.05) is 11.7 Å². The van der Waals surface area contributed by atoms with E-state index in [9.17, 15) is 8.42 Å². The number of nitrogen functional groups attached to an aromatic ring is 1. The van der Waals surface area contributed by atoms with Crippen molar-refractivity contribution in [3.8, 4) is 5.75 Å². The van der Waals surface area contributed by atoms with E-state index in [1.165, 1.54) is 12.1 Å². The predicted octanol–water partition coefficient (Wildman–Crippen LogP) is 1.35. The van der Waals surface area contributed by atoms with E-state index in [1.54, 1.807) is 30.5 Å². The first-order valence-corrected chi connectivity index (χ1v) is 7.72. The molecule has 3 N–H and O–H groups in total. The zero-order valence-electron chi connectivity index (χ0n) is 10.9. The van der Waals surface area contributed by atoms with Crippen molar-refractivity contribution in [1.29, 1.82) is 0 Å². The molecule has 0 aliphatic heterocycles. The van der Waals surface area contributed by atoms with Gasteiger partial charge in [0, 0.05) is 12.5 Å². The molecule has 1 heterocycles. The summed E-state index contributed by atoms with van der Waals surface area (Å²) in [5, 5.41) is 0. The SMILES string of the molecule is CS(=O)(=O)c1ccc(OCc2cc(NN)ccn2)cc1. The minimum absolute atomic E-state index is 0.261. The predicted molar refractivity (Wildman–Crippen MR) is 75.9 cm³/mol. The lowest BCUT2D eigenvalue weighted by molar-refractivity contribution is 0.301. The third-order valence-electron chi connectivity index (χ3n) is 2.62. The third-order valence-corrected chi connectivity index (χ3v) is 3.75. The zero-order valence-corrected chi connectivity index (χ0v) is 11.7. The Bertz CT molecular complexity index is 684. The number of hydrazine groups is 1. The van der Waals surface area contributed by atoms with Gasteiger partial charge in [-0.15, -0.1) is 0 Å². The first-order valence-electron chi connectivity index (χ1n) is 5.83. The van der Waals surface area contributed by atoms with Gasteiger partial charge in [0.25, 0.3) is 0 Å². The van der Waals surface area contributed by atoms with Crippen LogP contribution in [0.2, 0.25) is 0 Å². The summed E-state index contributed by atoms with van der Waals surface area (Å²) in [5.74, 6) is 5.88. The number of hydrogen-bond acceptors (Lipinski definition) is 6. The van der Waals surface area contributed by atoms with E-state index in [2.05, 4.69) is 10.4 Å². The summed E-state index contributed by atoms with van der Waals surface area (Å²) in [6.45, 7) is 0.272. The molecule has 0 bridgehead atoms. The van der Waals surface area contributed by atoms with Crippen molar-refractivity contribution >= 4 is 15.5 Å². The van der Waals surface area contributed by atoms with Crippen LogP contribution in [0.5, 0.6) is 5.75 Å². The lowest BCUT2D eigenvalue weighted by Gasteiger charge is -2.07. The van der Waals surface area contributed by atoms with Crippen molar-refractivity contribution < 1.29 is 13.2 Å². The molecule has 0 radical (unpaired) electrons. The fourth-order valence-corrected chi connectivity index (χ4v) is 2.22. The minimum atomic E-state index is -3.19. The number of nitrogens with one attached hydrogen (secondary N) is 1. The first-order chi connectivity index (χ1) is 9.49. The van der Waals surface area contributed by atoms with Crippen LogP contribution in [-0.2, 0) is 16.4 Å². The van der Waals surface area contributed by atoms with Crippen LogP contribution < -0.4 is 16.0 Å². The Morgan fingerprint density at radius 2 is 1.95 bits per heavy atom. The molecule has 1 aromatic carbocycles. The molecule has 20 heavy (non-hydrogen) atoms. The van der Waals surface area contributed by atoms with Crippen LogP contribution >= 0.6 is 0 Å². The molecule has 0 saturated carbocycles. The molecule has 2 aromatic rings. The highest BCUT2D eigenvalue weighted by molar-refractivity contribution is 7.90. The molecule has 7 heteroatoms. The van der Waals surface area contributed by atoms with Gasteiger partial charge in [0.2, 0.25) is 0 Å². The number of benzene rings is 1. The minimum Gasteiger partial charge on any atom is -0.487 e. The van der Waals surface area contributed by atoms with Gasteiger partial charge >= 0.3 is 0 Å². The molecule has 0 aliphatic rings. The fourth-order valence-electron chi connectivity index (χ4n) is 1.59. The standard InChI is InChI=1S/C13H15N3O3S/c1-20(17,18)13-4-2-12(3-5-13)19-9-11-8-10(16-14)6-7-15-11/h2-8H,9,14H2,1H3,(H,15,16). The number of ether oxygens (including phenoxy) is 1. The Morgan fingerprint density at radius 1 is 1.25 bits per heavy atom. The lowest BCUT2D eigenvalue weighted by Crippen LogP contribution is -2.08. The van der Waals surface area contributed by atoms with E-state index in [-0.39, 0.29) is 11.5 Å². The van der Waals surface area contributed by atoms with Gasteiger partial charge in [-0.05, 0) is 36.4 Å². The summed E-state index contributed by atoms with van der Waals surface area (Å²) < 4.78 is 28.2. The second kappa shape index (κ2) is 5.89. The van der Waals surface area contributed by atoms with Gasteiger partial charge in [-0.2, -0.15) is 0 Å². The van der Waals surface area contributed by atoms with Crippen LogP contribution in [0, 0.1) is 0 Å². The van der Waals surface area contributed by atoms with E-state index in [0.29, 0.717) is 11.4 Å². The summed E-state index contributed by atoms with van der Waals surface area (Å²) >= 11 is 0. The molecule has 0 aliphatic carbocycles. The smallest absolute Gasteiger partial charge is 0.175 e. The molecule has 0 saturated heterocycles. The van der Waals surface area contributed by atoms with E-state index in [1.807, 2.05) is 0 Å². The molecule has 0 spiro atoms. The monoisotopic (exact) mass is 293 g/mol. The van der Waals surface area contributed by atoms with Crippen LogP contribution in [0.3, 0.4) is 0 Å². The maximum absolute atomic E-state index is 11.3. The highest BCUT2D eigenvalue weighted by Crippen LogP contribution is 2.17. The van der Waals surface area contributed by atoms with Crippen LogP contribution in [0.15, 0.2) is 47.5 Å². The van der Waals surface area contributed by atoms with E-state index < -0.39 is 9.84 Å². The van der Waals surface area contributed by atoms with Crippen molar-refractivity contribution in [1.82, 2.24) is 4.98 Å². The van der Waals surface area contributed by atoms with Crippen molar-refractivity contribution in [3.63, 3.8) is 0 Å². The quantitative estimate of drug-likeness (QED) is 0.638. The Morgan fingerprint density at radius 3 is 2.55 bits per heavy atom. The second-order valence-electron chi connectivity index (χ2n) is 4.21. The number of pyridine rings is 1.